The van der Waals surface area contributed by atoms with Crippen LogP contribution in [0.15, 0.2) is 49.2 Å². The third-order valence-electron chi connectivity index (χ3n) is 3.51. The van der Waals surface area contributed by atoms with Gasteiger partial charge in [0.15, 0.2) is 0 Å². The monoisotopic (exact) mass is 338 g/mol. The van der Waals surface area contributed by atoms with E-state index in [9.17, 15) is 0 Å². The van der Waals surface area contributed by atoms with E-state index in [0.29, 0.717) is 0 Å². The first-order chi connectivity index (χ1) is 9.76. The van der Waals surface area contributed by atoms with Crippen molar-refractivity contribution in [1.82, 2.24) is 19.1 Å². The molecule has 3 aromatic rings. The van der Waals surface area contributed by atoms with Crippen molar-refractivity contribution in [3.8, 4) is 5.69 Å². The lowest BCUT2D eigenvalue weighted by Crippen LogP contribution is -2.00. The highest BCUT2D eigenvalue weighted by atomic mass is 35.5. The topological polar surface area (TPSA) is 35.6 Å². The molecule has 4 nitrogen and oxygen atoms in total. The van der Waals surface area contributed by atoms with E-state index >= 15 is 0 Å². The molecule has 6 heteroatoms. The van der Waals surface area contributed by atoms with E-state index < -0.39 is 0 Å². The maximum Gasteiger partial charge on any atom is 0.105 e. The van der Waals surface area contributed by atoms with Gasteiger partial charge in [0.2, 0.25) is 0 Å². The molecule has 2 heterocycles. The van der Waals surface area contributed by atoms with Crippen LogP contribution in [0.25, 0.3) is 5.69 Å². The number of nitrogens with zero attached hydrogens (tertiary/aromatic N) is 4. The molecule has 0 amide bonds. The SMILES string of the molecule is CCc1cccc(-n2cnc(Cn3ccnc3C)c2)c1.Cl.Cl. The molecule has 0 bridgehead atoms. The summed E-state index contributed by atoms with van der Waals surface area (Å²) in [6, 6.07) is 8.55. The zero-order valence-corrected chi connectivity index (χ0v) is 14.3. The molecule has 1 aromatic carbocycles. The van der Waals surface area contributed by atoms with E-state index in [0.717, 1.165) is 30.2 Å². The maximum atomic E-state index is 4.48. The van der Waals surface area contributed by atoms with Crippen LogP contribution in [0.4, 0.5) is 0 Å². The fourth-order valence-corrected chi connectivity index (χ4v) is 2.27. The summed E-state index contributed by atoms with van der Waals surface area (Å²) < 4.78 is 4.16. The van der Waals surface area contributed by atoms with E-state index in [1.807, 2.05) is 25.6 Å². The average Bonchev–Trinajstić information content (AvgIpc) is 3.10. The first-order valence-corrected chi connectivity index (χ1v) is 6.86. The fraction of sp³-hybridized carbons (Fsp3) is 0.250. The molecule has 0 unspecified atom stereocenters. The number of hydrogen-bond acceptors (Lipinski definition) is 2. The Morgan fingerprint density at radius 1 is 1.14 bits per heavy atom. The van der Waals surface area contributed by atoms with Crippen LogP contribution in [0, 0.1) is 6.92 Å². The van der Waals surface area contributed by atoms with Gasteiger partial charge < -0.3 is 9.13 Å². The molecule has 22 heavy (non-hydrogen) atoms. The van der Waals surface area contributed by atoms with Crippen molar-refractivity contribution in [2.24, 2.45) is 0 Å². The molecule has 0 saturated heterocycles. The summed E-state index contributed by atoms with van der Waals surface area (Å²) in [4.78, 5) is 8.71. The van der Waals surface area contributed by atoms with Crippen molar-refractivity contribution in [2.75, 3.05) is 0 Å². The first kappa shape index (κ1) is 18.3. The number of aromatic nitrogens is 4. The molecule has 3 rings (SSSR count). The van der Waals surface area contributed by atoms with E-state index in [2.05, 4.69) is 56.5 Å². The van der Waals surface area contributed by atoms with Crippen molar-refractivity contribution in [2.45, 2.75) is 26.8 Å². The third kappa shape index (κ3) is 3.90. The number of imidazole rings is 2. The molecule has 0 aliphatic heterocycles. The minimum Gasteiger partial charge on any atom is -0.329 e. The molecule has 2 aromatic heterocycles. The quantitative estimate of drug-likeness (QED) is 0.724. The molecule has 0 aliphatic carbocycles. The molecule has 0 N–H and O–H groups in total. The zero-order valence-electron chi connectivity index (χ0n) is 12.6. The van der Waals surface area contributed by atoms with Gasteiger partial charge in [0.05, 0.1) is 18.6 Å². The highest BCUT2D eigenvalue weighted by Crippen LogP contribution is 2.12. The van der Waals surface area contributed by atoms with E-state index in [1.54, 1.807) is 0 Å². The van der Waals surface area contributed by atoms with Crippen molar-refractivity contribution in [3.05, 3.63) is 66.3 Å². The van der Waals surface area contributed by atoms with E-state index in [1.165, 1.54) is 5.56 Å². The van der Waals surface area contributed by atoms with Crippen LogP contribution in [0.1, 0.15) is 24.0 Å². The molecule has 0 spiro atoms. The predicted octanol–water partition coefficient (Wildman–Crippen LogP) is 3.83. The van der Waals surface area contributed by atoms with Crippen LogP contribution >= 0.6 is 24.8 Å². The fourth-order valence-electron chi connectivity index (χ4n) is 2.27. The van der Waals surface area contributed by atoms with Gasteiger partial charge in [-0.3, -0.25) is 0 Å². The van der Waals surface area contributed by atoms with Crippen molar-refractivity contribution in [3.63, 3.8) is 0 Å². The summed E-state index contributed by atoms with van der Waals surface area (Å²) in [5.41, 5.74) is 3.53. The van der Waals surface area contributed by atoms with Gasteiger partial charge in [0.1, 0.15) is 5.82 Å². The Morgan fingerprint density at radius 2 is 1.95 bits per heavy atom. The summed E-state index contributed by atoms with van der Waals surface area (Å²) in [6.45, 7) is 4.92. The second kappa shape index (κ2) is 8.01. The Kier molecular flexibility index (Phi) is 6.65. The summed E-state index contributed by atoms with van der Waals surface area (Å²) in [5.74, 6) is 1.01. The maximum absolute atomic E-state index is 4.48. The highest BCUT2D eigenvalue weighted by molar-refractivity contribution is 5.85. The van der Waals surface area contributed by atoms with Crippen molar-refractivity contribution in [1.29, 1.82) is 0 Å². The summed E-state index contributed by atoms with van der Waals surface area (Å²) in [6.07, 6.45) is 8.79. The van der Waals surface area contributed by atoms with E-state index in [4.69, 9.17) is 0 Å². The lowest BCUT2D eigenvalue weighted by atomic mass is 10.1. The third-order valence-corrected chi connectivity index (χ3v) is 3.51. The second-order valence-corrected chi connectivity index (χ2v) is 4.90. The number of aryl methyl sites for hydroxylation is 2. The molecule has 0 fully saturated rings. The van der Waals surface area contributed by atoms with Gasteiger partial charge in [0, 0.05) is 24.3 Å². The second-order valence-electron chi connectivity index (χ2n) is 4.90. The van der Waals surface area contributed by atoms with Crippen LogP contribution in [-0.4, -0.2) is 19.1 Å². The molecule has 0 radical (unpaired) electrons. The Labute approximate surface area is 143 Å². The Balaban J connectivity index is 0.00000121. The lowest BCUT2D eigenvalue weighted by molar-refractivity contribution is 0.746. The van der Waals surface area contributed by atoms with Crippen LogP contribution in [-0.2, 0) is 13.0 Å². The van der Waals surface area contributed by atoms with Crippen LogP contribution < -0.4 is 0 Å². The zero-order chi connectivity index (χ0) is 13.9. The number of halogens is 2. The average molecular weight is 339 g/mol. The summed E-state index contributed by atoms with van der Waals surface area (Å²) in [5, 5.41) is 0. The van der Waals surface area contributed by atoms with Gasteiger partial charge >= 0.3 is 0 Å². The molecule has 0 saturated carbocycles. The Morgan fingerprint density at radius 3 is 2.64 bits per heavy atom. The normalized spacial score (nSPS) is 9.91. The first-order valence-electron chi connectivity index (χ1n) is 6.86. The number of benzene rings is 1. The Bertz CT molecular complexity index is 718. The summed E-state index contributed by atoms with van der Waals surface area (Å²) >= 11 is 0. The van der Waals surface area contributed by atoms with Gasteiger partial charge in [-0.25, -0.2) is 9.97 Å². The van der Waals surface area contributed by atoms with Crippen LogP contribution in [0.5, 0.6) is 0 Å². The smallest absolute Gasteiger partial charge is 0.105 e. The number of rotatable bonds is 4. The number of hydrogen-bond donors (Lipinski definition) is 0. The minimum atomic E-state index is 0. The molecular formula is C16H20Cl2N4. The standard InChI is InChI=1S/C16H18N4.2ClH/c1-3-14-5-4-6-16(9-14)20-11-15(18-12-20)10-19-8-7-17-13(19)2;;/h4-9,11-12H,3,10H2,1-2H3;2*1H. The van der Waals surface area contributed by atoms with Gasteiger partial charge in [-0.2, -0.15) is 0 Å². The molecular weight excluding hydrogens is 319 g/mol. The van der Waals surface area contributed by atoms with Crippen LogP contribution in [0.3, 0.4) is 0 Å². The largest absolute Gasteiger partial charge is 0.329 e. The molecule has 118 valence electrons. The Hall–Kier alpha value is -1.78. The van der Waals surface area contributed by atoms with Gasteiger partial charge in [-0.15, -0.1) is 24.8 Å². The predicted molar refractivity (Wildman–Crippen MR) is 93.5 cm³/mol. The van der Waals surface area contributed by atoms with Crippen molar-refractivity contribution >= 4 is 24.8 Å². The highest BCUT2D eigenvalue weighted by Gasteiger charge is 2.04. The van der Waals surface area contributed by atoms with Gasteiger partial charge in [-0.1, -0.05) is 19.1 Å². The molecule has 0 atom stereocenters. The van der Waals surface area contributed by atoms with Crippen molar-refractivity contribution < 1.29 is 0 Å². The lowest BCUT2D eigenvalue weighted by Gasteiger charge is -2.04. The molecule has 0 aliphatic rings. The van der Waals surface area contributed by atoms with Crippen LogP contribution in [0.2, 0.25) is 0 Å². The van der Waals surface area contributed by atoms with Gasteiger partial charge in [0.25, 0.3) is 0 Å². The van der Waals surface area contributed by atoms with Gasteiger partial charge in [-0.05, 0) is 31.0 Å². The van der Waals surface area contributed by atoms with E-state index in [-0.39, 0.29) is 24.8 Å². The summed E-state index contributed by atoms with van der Waals surface area (Å²) in [7, 11) is 0. The minimum absolute atomic E-state index is 0.